The number of aliphatic hydroxyl groups is 1. The molecule has 0 amide bonds. The Morgan fingerprint density at radius 1 is 1.11 bits per heavy atom. The van der Waals surface area contributed by atoms with E-state index in [1.807, 2.05) is 0 Å². The summed E-state index contributed by atoms with van der Waals surface area (Å²) >= 11 is 0. The molecule has 0 bridgehead atoms. The van der Waals surface area contributed by atoms with E-state index in [4.69, 9.17) is 5.11 Å². The van der Waals surface area contributed by atoms with Crippen molar-refractivity contribution in [3.63, 3.8) is 0 Å². The SMILES string of the molecule is Cn1c(=O)c2c(nc(CCCO)n2C)n(C)c1=O. The van der Waals surface area contributed by atoms with Crippen molar-refractivity contribution in [3.05, 3.63) is 26.7 Å². The topological polar surface area (TPSA) is 82.1 Å². The summed E-state index contributed by atoms with van der Waals surface area (Å²) in [4.78, 5) is 28.1. The highest BCUT2D eigenvalue weighted by Crippen LogP contribution is 2.10. The van der Waals surface area contributed by atoms with E-state index in [0.29, 0.717) is 29.8 Å². The molecule has 0 saturated heterocycles. The molecule has 0 spiro atoms. The quantitative estimate of drug-likeness (QED) is 0.751. The molecule has 7 nitrogen and oxygen atoms in total. The first kappa shape index (κ1) is 12.6. The minimum atomic E-state index is -0.390. The maximum Gasteiger partial charge on any atom is 0.332 e. The summed E-state index contributed by atoms with van der Waals surface area (Å²) < 4.78 is 4.12. The van der Waals surface area contributed by atoms with Crippen molar-refractivity contribution in [2.75, 3.05) is 6.61 Å². The molecule has 0 aliphatic rings. The molecule has 0 atom stereocenters. The average Bonchev–Trinajstić information content (AvgIpc) is 2.69. The number of hydrogen-bond acceptors (Lipinski definition) is 4. The van der Waals surface area contributed by atoms with Crippen LogP contribution in [0, 0.1) is 0 Å². The van der Waals surface area contributed by atoms with Crippen molar-refractivity contribution >= 4 is 11.2 Å². The van der Waals surface area contributed by atoms with Crippen molar-refractivity contribution in [1.29, 1.82) is 0 Å². The van der Waals surface area contributed by atoms with Crippen LogP contribution < -0.4 is 11.2 Å². The first-order chi connectivity index (χ1) is 8.49. The van der Waals surface area contributed by atoms with Crippen LogP contribution in [0.3, 0.4) is 0 Å². The summed E-state index contributed by atoms with van der Waals surface area (Å²) in [6.07, 6.45) is 1.14. The Labute approximate surface area is 103 Å². The molecular formula is C11H16N4O3. The maximum absolute atomic E-state index is 12.0. The summed E-state index contributed by atoms with van der Waals surface area (Å²) in [6, 6.07) is 0. The Bertz CT molecular complexity index is 708. The average molecular weight is 252 g/mol. The van der Waals surface area contributed by atoms with E-state index < -0.39 is 0 Å². The lowest BCUT2D eigenvalue weighted by Gasteiger charge is -2.03. The largest absolute Gasteiger partial charge is 0.396 e. The van der Waals surface area contributed by atoms with Crippen molar-refractivity contribution in [1.82, 2.24) is 18.7 Å². The third-order valence-corrected chi connectivity index (χ3v) is 3.13. The molecule has 18 heavy (non-hydrogen) atoms. The van der Waals surface area contributed by atoms with E-state index in [1.54, 1.807) is 18.7 Å². The number of fused-ring (bicyclic) bond motifs is 1. The van der Waals surface area contributed by atoms with Crippen molar-refractivity contribution in [3.8, 4) is 0 Å². The van der Waals surface area contributed by atoms with Gasteiger partial charge in [0.15, 0.2) is 11.2 Å². The third-order valence-electron chi connectivity index (χ3n) is 3.13. The van der Waals surface area contributed by atoms with Gasteiger partial charge in [-0.15, -0.1) is 0 Å². The lowest BCUT2D eigenvalue weighted by atomic mass is 10.3. The molecule has 0 unspecified atom stereocenters. The van der Waals surface area contributed by atoms with Crippen LogP contribution >= 0.6 is 0 Å². The number of hydrogen-bond donors (Lipinski definition) is 1. The van der Waals surface area contributed by atoms with Crippen LogP contribution in [0.2, 0.25) is 0 Å². The zero-order valence-corrected chi connectivity index (χ0v) is 10.7. The molecule has 2 aromatic rings. The Morgan fingerprint density at radius 3 is 2.39 bits per heavy atom. The Balaban J connectivity index is 2.80. The molecule has 2 aromatic heterocycles. The standard InChI is InChI=1S/C11H16N4O3/c1-13-7(5-4-6-16)12-9-8(13)10(17)15(3)11(18)14(9)2/h16H,4-6H2,1-3H3. The van der Waals surface area contributed by atoms with E-state index in [9.17, 15) is 9.59 Å². The molecule has 0 saturated carbocycles. The van der Waals surface area contributed by atoms with Crippen molar-refractivity contribution in [2.45, 2.75) is 12.8 Å². The summed E-state index contributed by atoms with van der Waals surface area (Å²) in [5.41, 5.74) is 0.0590. The molecule has 0 aliphatic carbocycles. The molecule has 7 heteroatoms. The van der Waals surface area contributed by atoms with E-state index in [-0.39, 0.29) is 17.9 Å². The number of aromatic nitrogens is 4. The van der Waals surface area contributed by atoms with Gasteiger partial charge in [0, 0.05) is 34.2 Å². The highest BCUT2D eigenvalue weighted by atomic mass is 16.3. The van der Waals surface area contributed by atoms with Crippen LogP contribution in [0.4, 0.5) is 0 Å². The van der Waals surface area contributed by atoms with Gasteiger partial charge in [-0.1, -0.05) is 0 Å². The molecule has 0 radical (unpaired) electrons. The number of nitrogens with zero attached hydrogens (tertiary/aromatic N) is 4. The minimum Gasteiger partial charge on any atom is -0.396 e. The van der Waals surface area contributed by atoms with Crippen LogP contribution in [0.25, 0.3) is 11.2 Å². The van der Waals surface area contributed by atoms with Gasteiger partial charge in [-0.2, -0.15) is 0 Å². The number of aliphatic hydroxyl groups excluding tert-OH is 1. The summed E-state index contributed by atoms with van der Waals surface area (Å²) in [5, 5.41) is 8.83. The molecule has 2 heterocycles. The lowest BCUT2D eigenvalue weighted by Crippen LogP contribution is -2.37. The zero-order valence-electron chi connectivity index (χ0n) is 10.7. The van der Waals surface area contributed by atoms with Gasteiger partial charge in [-0.05, 0) is 6.42 Å². The van der Waals surface area contributed by atoms with Crippen LogP contribution in [0.1, 0.15) is 12.2 Å². The van der Waals surface area contributed by atoms with Gasteiger partial charge in [-0.25, -0.2) is 9.78 Å². The van der Waals surface area contributed by atoms with Gasteiger partial charge in [0.2, 0.25) is 0 Å². The van der Waals surface area contributed by atoms with Gasteiger partial charge in [0.05, 0.1) is 0 Å². The summed E-state index contributed by atoms with van der Waals surface area (Å²) in [5.74, 6) is 0.692. The van der Waals surface area contributed by atoms with E-state index in [2.05, 4.69) is 4.98 Å². The Morgan fingerprint density at radius 2 is 1.78 bits per heavy atom. The maximum atomic E-state index is 12.0. The first-order valence-corrected chi connectivity index (χ1v) is 5.71. The second-order valence-corrected chi connectivity index (χ2v) is 4.29. The van der Waals surface area contributed by atoms with Gasteiger partial charge in [-0.3, -0.25) is 13.9 Å². The van der Waals surface area contributed by atoms with Gasteiger partial charge >= 0.3 is 5.69 Å². The normalized spacial score (nSPS) is 11.3. The van der Waals surface area contributed by atoms with Crippen LogP contribution in [-0.4, -0.2) is 30.4 Å². The molecule has 1 N–H and O–H groups in total. The van der Waals surface area contributed by atoms with Crippen molar-refractivity contribution in [2.24, 2.45) is 21.1 Å². The smallest absolute Gasteiger partial charge is 0.332 e. The first-order valence-electron chi connectivity index (χ1n) is 5.71. The molecule has 0 aliphatic heterocycles. The highest BCUT2D eigenvalue weighted by Gasteiger charge is 2.16. The van der Waals surface area contributed by atoms with Crippen LogP contribution in [0.5, 0.6) is 0 Å². The molecule has 98 valence electrons. The van der Waals surface area contributed by atoms with Gasteiger partial charge < -0.3 is 9.67 Å². The Kier molecular flexibility index (Phi) is 3.08. The number of imidazole rings is 1. The summed E-state index contributed by atoms with van der Waals surface area (Å²) in [6.45, 7) is 0.0696. The summed E-state index contributed by atoms with van der Waals surface area (Å²) in [7, 11) is 4.78. The fourth-order valence-corrected chi connectivity index (χ4v) is 2.02. The number of aryl methyl sites for hydroxylation is 3. The van der Waals surface area contributed by atoms with E-state index in [0.717, 1.165) is 4.57 Å². The molecule has 2 rings (SSSR count). The van der Waals surface area contributed by atoms with E-state index >= 15 is 0 Å². The molecule has 0 aromatic carbocycles. The fraction of sp³-hybridized carbons (Fsp3) is 0.545. The predicted molar refractivity (Wildman–Crippen MR) is 66.6 cm³/mol. The second kappa shape index (κ2) is 4.41. The second-order valence-electron chi connectivity index (χ2n) is 4.29. The zero-order chi connectivity index (χ0) is 13.4. The number of rotatable bonds is 3. The minimum absolute atomic E-state index is 0.0696. The lowest BCUT2D eigenvalue weighted by molar-refractivity contribution is 0.287. The predicted octanol–water partition coefficient (Wildman–Crippen LogP) is -1.10. The molecular weight excluding hydrogens is 236 g/mol. The fourth-order valence-electron chi connectivity index (χ4n) is 2.02. The van der Waals surface area contributed by atoms with E-state index in [1.165, 1.54) is 11.6 Å². The molecule has 0 fully saturated rings. The van der Waals surface area contributed by atoms with Crippen LogP contribution in [0.15, 0.2) is 9.59 Å². The van der Waals surface area contributed by atoms with Crippen molar-refractivity contribution < 1.29 is 5.11 Å². The van der Waals surface area contributed by atoms with Gasteiger partial charge in [0.25, 0.3) is 5.56 Å². The van der Waals surface area contributed by atoms with Crippen LogP contribution in [-0.2, 0) is 27.6 Å². The van der Waals surface area contributed by atoms with Gasteiger partial charge in [0.1, 0.15) is 5.82 Å². The highest BCUT2D eigenvalue weighted by molar-refractivity contribution is 5.70. The monoisotopic (exact) mass is 252 g/mol. The Hall–Kier alpha value is -1.89. The third kappa shape index (κ3) is 1.67.